The summed E-state index contributed by atoms with van der Waals surface area (Å²) >= 11 is 0. The van der Waals surface area contributed by atoms with Crippen molar-refractivity contribution in [2.45, 2.75) is 26.3 Å². The second-order valence-electron chi connectivity index (χ2n) is 6.08. The number of aromatic amines is 1. The van der Waals surface area contributed by atoms with Crippen LogP contribution < -0.4 is 10.9 Å². The summed E-state index contributed by atoms with van der Waals surface area (Å²) in [6.07, 6.45) is 0.511. The summed E-state index contributed by atoms with van der Waals surface area (Å²) in [4.78, 5) is 26.9. The van der Waals surface area contributed by atoms with E-state index in [1.54, 1.807) is 18.2 Å². The van der Waals surface area contributed by atoms with Crippen molar-refractivity contribution in [1.82, 2.24) is 10.3 Å². The van der Waals surface area contributed by atoms with Gasteiger partial charge in [0.15, 0.2) is 0 Å². The number of amides is 1. The number of aryl methyl sites for hydroxylation is 2. The molecule has 1 heterocycles. The number of carbonyl (C=O) groups excluding carboxylic acids is 1. The smallest absolute Gasteiger partial charge is 0.251 e. The van der Waals surface area contributed by atoms with Crippen LogP contribution in [0.2, 0.25) is 0 Å². The van der Waals surface area contributed by atoms with Crippen molar-refractivity contribution in [3.05, 3.63) is 81.4 Å². The molecule has 4 nitrogen and oxygen atoms in total. The molecule has 1 amide bonds. The summed E-state index contributed by atoms with van der Waals surface area (Å²) in [5, 5.41) is 3.63. The summed E-state index contributed by atoms with van der Waals surface area (Å²) in [5.41, 5.74) is 2.71. The van der Waals surface area contributed by atoms with Crippen LogP contribution in [0.15, 0.2) is 53.3 Å². The lowest BCUT2D eigenvalue weighted by Crippen LogP contribution is -2.24. The maximum atomic E-state index is 13.5. The zero-order valence-electron chi connectivity index (χ0n) is 13.9. The van der Waals surface area contributed by atoms with Crippen molar-refractivity contribution >= 4 is 16.8 Å². The average molecular weight is 338 g/mol. The van der Waals surface area contributed by atoms with E-state index in [2.05, 4.69) is 10.3 Å². The number of pyridine rings is 1. The minimum atomic E-state index is -0.343. The second kappa shape index (κ2) is 7.30. The Balaban J connectivity index is 1.64. The van der Waals surface area contributed by atoms with E-state index in [1.165, 1.54) is 6.07 Å². The summed E-state index contributed by atoms with van der Waals surface area (Å²) in [7, 11) is 0. The normalized spacial score (nSPS) is 10.8. The molecule has 0 bridgehead atoms. The van der Waals surface area contributed by atoms with Gasteiger partial charge in [-0.05, 0) is 43.0 Å². The lowest BCUT2D eigenvalue weighted by molar-refractivity contribution is -0.121. The maximum Gasteiger partial charge on any atom is 0.251 e. The fourth-order valence-electron chi connectivity index (χ4n) is 2.73. The number of hydrogen-bond donors (Lipinski definition) is 2. The number of hydrogen-bond acceptors (Lipinski definition) is 2. The SMILES string of the molecule is Cc1ccc2[nH]c(=O)c(CCC(=O)NCc3ccccc3F)cc2c1. The van der Waals surface area contributed by atoms with E-state index in [0.717, 1.165) is 16.5 Å². The minimum Gasteiger partial charge on any atom is -0.352 e. The van der Waals surface area contributed by atoms with Crippen LogP contribution in [0.3, 0.4) is 0 Å². The third-order valence-corrected chi connectivity index (χ3v) is 4.13. The van der Waals surface area contributed by atoms with Gasteiger partial charge in [-0.15, -0.1) is 0 Å². The van der Waals surface area contributed by atoms with Crippen molar-refractivity contribution < 1.29 is 9.18 Å². The minimum absolute atomic E-state index is 0.138. The van der Waals surface area contributed by atoms with Gasteiger partial charge in [-0.25, -0.2) is 4.39 Å². The molecular formula is C20H19FN2O2. The van der Waals surface area contributed by atoms with Crippen LogP contribution >= 0.6 is 0 Å². The van der Waals surface area contributed by atoms with Crippen LogP contribution in [-0.2, 0) is 17.8 Å². The molecule has 0 aliphatic carbocycles. The first kappa shape index (κ1) is 16.9. The molecule has 2 aromatic carbocycles. The molecule has 3 aromatic rings. The van der Waals surface area contributed by atoms with E-state index in [0.29, 0.717) is 17.5 Å². The lowest BCUT2D eigenvalue weighted by Gasteiger charge is -2.07. The molecule has 0 saturated carbocycles. The monoisotopic (exact) mass is 338 g/mol. The highest BCUT2D eigenvalue weighted by Crippen LogP contribution is 2.14. The molecule has 0 fully saturated rings. The zero-order valence-corrected chi connectivity index (χ0v) is 13.9. The van der Waals surface area contributed by atoms with E-state index >= 15 is 0 Å². The van der Waals surface area contributed by atoms with Gasteiger partial charge in [-0.3, -0.25) is 9.59 Å². The fourth-order valence-corrected chi connectivity index (χ4v) is 2.73. The topological polar surface area (TPSA) is 62.0 Å². The van der Waals surface area contributed by atoms with Gasteiger partial charge in [0.25, 0.3) is 5.56 Å². The Kier molecular flexibility index (Phi) is 4.93. The standard InChI is InChI=1S/C20H19FN2O2/c1-13-6-8-18-16(10-13)11-14(20(25)23-18)7-9-19(24)22-12-15-4-2-3-5-17(15)21/h2-6,8,10-11H,7,9,12H2,1H3,(H,22,24)(H,23,25). The largest absolute Gasteiger partial charge is 0.352 e. The van der Waals surface area contributed by atoms with Gasteiger partial charge in [-0.1, -0.05) is 29.8 Å². The fraction of sp³-hybridized carbons (Fsp3) is 0.200. The molecule has 25 heavy (non-hydrogen) atoms. The molecule has 1 aromatic heterocycles. The van der Waals surface area contributed by atoms with Crippen LogP contribution in [-0.4, -0.2) is 10.9 Å². The Morgan fingerprint density at radius 2 is 1.92 bits per heavy atom. The molecule has 3 rings (SSSR count). The third kappa shape index (κ3) is 4.12. The zero-order chi connectivity index (χ0) is 17.8. The molecule has 2 N–H and O–H groups in total. The highest BCUT2D eigenvalue weighted by molar-refractivity contribution is 5.80. The van der Waals surface area contributed by atoms with Crippen LogP contribution in [0.1, 0.15) is 23.1 Å². The van der Waals surface area contributed by atoms with Crippen molar-refractivity contribution in [1.29, 1.82) is 0 Å². The van der Waals surface area contributed by atoms with Gasteiger partial charge < -0.3 is 10.3 Å². The predicted octanol–water partition coefficient (Wildman–Crippen LogP) is 3.22. The van der Waals surface area contributed by atoms with Crippen molar-refractivity contribution in [3.63, 3.8) is 0 Å². The van der Waals surface area contributed by atoms with Crippen molar-refractivity contribution in [2.75, 3.05) is 0 Å². The van der Waals surface area contributed by atoms with Gasteiger partial charge in [0.1, 0.15) is 5.82 Å². The van der Waals surface area contributed by atoms with E-state index in [1.807, 2.05) is 31.2 Å². The van der Waals surface area contributed by atoms with E-state index in [-0.39, 0.29) is 30.2 Å². The summed E-state index contributed by atoms with van der Waals surface area (Å²) in [6.45, 7) is 2.12. The van der Waals surface area contributed by atoms with Crippen LogP contribution in [0.4, 0.5) is 4.39 Å². The Hall–Kier alpha value is -2.95. The molecule has 0 saturated heterocycles. The average Bonchev–Trinajstić information content (AvgIpc) is 2.59. The number of halogens is 1. The number of aromatic nitrogens is 1. The Morgan fingerprint density at radius 1 is 1.12 bits per heavy atom. The van der Waals surface area contributed by atoms with E-state index in [4.69, 9.17) is 0 Å². The van der Waals surface area contributed by atoms with Gasteiger partial charge in [0.05, 0.1) is 0 Å². The third-order valence-electron chi connectivity index (χ3n) is 4.13. The molecule has 0 spiro atoms. The van der Waals surface area contributed by atoms with Crippen molar-refractivity contribution in [2.24, 2.45) is 0 Å². The predicted molar refractivity (Wildman–Crippen MR) is 95.9 cm³/mol. The van der Waals surface area contributed by atoms with E-state index < -0.39 is 0 Å². The highest BCUT2D eigenvalue weighted by atomic mass is 19.1. The maximum absolute atomic E-state index is 13.5. The first-order valence-corrected chi connectivity index (χ1v) is 8.15. The quantitative estimate of drug-likeness (QED) is 0.750. The summed E-state index contributed by atoms with van der Waals surface area (Å²) < 4.78 is 13.5. The van der Waals surface area contributed by atoms with Crippen LogP contribution in [0.5, 0.6) is 0 Å². The number of fused-ring (bicyclic) bond motifs is 1. The van der Waals surface area contributed by atoms with Gasteiger partial charge >= 0.3 is 0 Å². The van der Waals surface area contributed by atoms with Crippen LogP contribution in [0.25, 0.3) is 10.9 Å². The van der Waals surface area contributed by atoms with E-state index in [9.17, 15) is 14.0 Å². The highest BCUT2D eigenvalue weighted by Gasteiger charge is 2.08. The van der Waals surface area contributed by atoms with Crippen LogP contribution in [0, 0.1) is 12.7 Å². The molecule has 0 unspecified atom stereocenters. The number of rotatable bonds is 5. The van der Waals surface area contributed by atoms with Gasteiger partial charge in [-0.2, -0.15) is 0 Å². The number of nitrogens with one attached hydrogen (secondary N) is 2. The molecule has 5 heteroatoms. The number of H-pyrrole nitrogens is 1. The van der Waals surface area contributed by atoms with Gasteiger partial charge in [0.2, 0.25) is 5.91 Å². The molecule has 0 aliphatic rings. The number of benzene rings is 2. The first-order valence-electron chi connectivity index (χ1n) is 8.15. The molecule has 128 valence electrons. The number of carbonyl (C=O) groups is 1. The Bertz CT molecular complexity index is 979. The van der Waals surface area contributed by atoms with Gasteiger partial charge in [0, 0.05) is 29.6 Å². The molecule has 0 aliphatic heterocycles. The van der Waals surface area contributed by atoms with Crippen molar-refractivity contribution in [3.8, 4) is 0 Å². The molecule has 0 radical (unpaired) electrons. The molecular weight excluding hydrogens is 319 g/mol. The lowest BCUT2D eigenvalue weighted by atomic mass is 10.1. The summed E-state index contributed by atoms with van der Waals surface area (Å²) in [6, 6.07) is 13.9. The molecule has 0 atom stereocenters. The summed E-state index contributed by atoms with van der Waals surface area (Å²) in [5.74, 6) is -0.559. The Labute approximate surface area is 144 Å². The first-order chi connectivity index (χ1) is 12.0. The second-order valence-corrected chi connectivity index (χ2v) is 6.08. The Morgan fingerprint density at radius 3 is 2.72 bits per heavy atom.